The van der Waals surface area contributed by atoms with E-state index in [1.807, 2.05) is 26.0 Å². The van der Waals surface area contributed by atoms with Gasteiger partial charge in [0.2, 0.25) is 17.7 Å². The zero-order chi connectivity index (χ0) is 28.7. The summed E-state index contributed by atoms with van der Waals surface area (Å²) in [6.45, 7) is 7.22. The third kappa shape index (κ3) is 5.10. The highest BCUT2D eigenvalue weighted by Crippen LogP contribution is 2.51. The van der Waals surface area contributed by atoms with Crippen LogP contribution >= 0.6 is 11.8 Å². The van der Waals surface area contributed by atoms with E-state index in [-0.39, 0.29) is 29.9 Å². The lowest BCUT2D eigenvalue weighted by Crippen LogP contribution is -2.53. The van der Waals surface area contributed by atoms with Crippen LogP contribution in [0.5, 0.6) is 11.6 Å². The molecule has 4 amide bonds. The average molecular weight is 572 g/mol. The SMILES string of the molecule is C=CC(=O)N[C@H]1CCC[C@H]1NC(=O)C1Sc2nccc3c2C1NC(=O)N3c1ccc(Oc2ccc(C)nc2)nc1C. The molecule has 0 saturated heterocycles. The van der Waals surface area contributed by atoms with Crippen LogP contribution in [0.1, 0.15) is 42.3 Å². The lowest BCUT2D eigenvalue weighted by molar-refractivity contribution is -0.122. The minimum absolute atomic E-state index is 0.159. The van der Waals surface area contributed by atoms with Gasteiger partial charge in [-0.05, 0) is 63.5 Å². The van der Waals surface area contributed by atoms with Gasteiger partial charge in [0.1, 0.15) is 16.0 Å². The molecular formula is C29H29N7O4S. The molecule has 41 heavy (non-hydrogen) atoms. The number of rotatable bonds is 7. The number of hydrogen-bond acceptors (Lipinski definition) is 8. The number of ether oxygens (including phenoxy) is 1. The smallest absolute Gasteiger partial charge is 0.327 e. The van der Waals surface area contributed by atoms with Gasteiger partial charge in [-0.25, -0.2) is 14.8 Å². The Labute approximate surface area is 241 Å². The number of amides is 4. The van der Waals surface area contributed by atoms with Gasteiger partial charge in [-0.1, -0.05) is 18.3 Å². The first-order chi connectivity index (χ1) is 19.8. The number of anilines is 2. The van der Waals surface area contributed by atoms with E-state index in [2.05, 4.69) is 37.5 Å². The summed E-state index contributed by atoms with van der Waals surface area (Å²) < 4.78 is 5.85. The second kappa shape index (κ2) is 10.8. The maximum atomic E-state index is 13.6. The summed E-state index contributed by atoms with van der Waals surface area (Å²) >= 11 is 1.33. The Morgan fingerprint density at radius 1 is 1.10 bits per heavy atom. The summed E-state index contributed by atoms with van der Waals surface area (Å²) in [6, 6.07) is 7.69. The van der Waals surface area contributed by atoms with E-state index < -0.39 is 11.3 Å². The van der Waals surface area contributed by atoms with E-state index >= 15 is 0 Å². The predicted octanol–water partition coefficient (Wildman–Crippen LogP) is 4.00. The lowest BCUT2D eigenvalue weighted by atomic mass is 9.99. The number of hydrogen-bond donors (Lipinski definition) is 3. The summed E-state index contributed by atoms with van der Waals surface area (Å²) in [6.07, 6.45) is 6.95. The van der Waals surface area contributed by atoms with Crippen molar-refractivity contribution in [1.82, 2.24) is 30.9 Å². The highest BCUT2D eigenvalue weighted by molar-refractivity contribution is 8.01. The molecule has 6 rings (SSSR count). The van der Waals surface area contributed by atoms with Crippen LogP contribution in [0.2, 0.25) is 0 Å². The number of pyridine rings is 3. The second-order valence-corrected chi connectivity index (χ2v) is 11.3. The Bertz CT molecular complexity index is 1550. The maximum absolute atomic E-state index is 13.6. The molecular weight excluding hydrogens is 542 g/mol. The normalized spacial score (nSPS) is 22.5. The number of nitrogens with one attached hydrogen (secondary N) is 3. The maximum Gasteiger partial charge on any atom is 0.327 e. The van der Waals surface area contributed by atoms with Gasteiger partial charge in [-0.2, -0.15) is 0 Å². The van der Waals surface area contributed by atoms with E-state index in [9.17, 15) is 14.4 Å². The predicted molar refractivity (Wildman–Crippen MR) is 153 cm³/mol. The van der Waals surface area contributed by atoms with Gasteiger partial charge >= 0.3 is 6.03 Å². The van der Waals surface area contributed by atoms with Crippen molar-refractivity contribution in [3.05, 3.63) is 72.3 Å². The first kappa shape index (κ1) is 26.8. The van der Waals surface area contributed by atoms with Crippen LogP contribution in [-0.4, -0.2) is 50.1 Å². The number of urea groups is 1. The molecule has 2 aliphatic heterocycles. The summed E-state index contributed by atoms with van der Waals surface area (Å²) in [4.78, 5) is 53.8. The third-order valence-corrected chi connectivity index (χ3v) is 8.79. The Morgan fingerprint density at radius 3 is 2.63 bits per heavy atom. The lowest BCUT2D eigenvalue weighted by Gasteiger charge is -2.35. The summed E-state index contributed by atoms with van der Waals surface area (Å²) in [5.41, 5.74) is 3.52. The Kier molecular flexibility index (Phi) is 7.08. The van der Waals surface area contributed by atoms with Crippen LogP contribution in [0.4, 0.5) is 16.2 Å². The van der Waals surface area contributed by atoms with Crippen molar-refractivity contribution in [2.75, 3.05) is 4.90 Å². The third-order valence-electron chi connectivity index (χ3n) is 7.50. The molecule has 12 heteroatoms. The van der Waals surface area contributed by atoms with Crippen molar-refractivity contribution < 1.29 is 19.1 Å². The van der Waals surface area contributed by atoms with Crippen LogP contribution < -0.4 is 25.6 Å². The Balaban J connectivity index is 1.23. The molecule has 3 aromatic rings. The van der Waals surface area contributed by atoms with E-state index in [1.165, 1.54) is 17.8 Å². The van der Waals surface area contributed by atoms with Gasteiger partial charge in [0.15, 0.2) is 0 Å². The quantitative estimate of drug-likeness (QED) is 0.362. The monoisotopic (exact) mass is 571 g/mol. The van der Waals surface area contributed by atoms with Gasteiger partial charge in [0, 0.05) is 35.6 Å². The summed E-state index contributed by atoms with van der Waals surface area (Å²) in [5.74, 6) is 0.485. The van der Waals surface area contributed by atoms with Crippen LogP contribution in [-0.2, 0) is 9.59 Å². The Morgan fingerprint density at radius 2 is 1.90 bits per heavy atom. The van der Waals surface area contributed by atoms with E-state index in [4.69, 9.17) is 4.74 Å². The molecule has 11 nitrogen and oxygen atoms in total. The first-order valence-corrected chi connectivity index (χ1v) is 14.3. The fourth-order valence-corrected chi connectivity index (χ4v) is 6.77. The molecule has 5 heterocycles. The average Bonchev–Trinajstić information content (AvgIpc) is 3.55. The molecule has 4 atom stereocenters. The number of thioether (sulfide) groups is 1. The molecule has 1 saturated carbocycles. The van der Waals surface area contributed by atoms with Crippen molar-refractivity contribution in [3.8, 4) is 11.6 Å². The van der Waals surface area contributed by atoms with Crippen molar-refractivity contribution in [1.29, 1.82) is 0 Å². The summed E-state index contributed by atoms with van der Waals surface area (Å²) in [7, 11) is 0. The minimum Gasteiger partial charge on any atom is -0.437 e. The second-order valence-electron chi connectivity index (χ2n) is 10.2. The standard InChI is InChI=1S/C29H29N7O4S/c1-4-22(37)33-18-6-5-7-19(18)34-27(38)26-25-24-21(12-13-30-28(24)41-26)36(29(39)35-25)20-10-11-23(32-16(20)3)40-17-9-8-15(2)31-14-17/h4,8-14,18-19,25-26H,1,5-7H2,2-3H3,(H,33,37)(H,34,38)(H,35,39)/t18-,19+,25?,26?/m0/s1. The molecule has 1 fully saturated rings. The van der Waals surface area contributed by atoms with E-state index in [0.29, 0.717) is 33.7 Å². The van der Waals surface area contributed by atoms with Crippen molar-refractivity contribution in [3.63, 3.8) is 0 Å². The van der Waals surface area contributed by atoms with Crippen molar-refractivity contribution in [2.24, 2.45) is 0 Å². The van der Waals surface area contributed by atoms with Crippen LogP contribution in [0.25, 0.3) is 0 Å². The van der Waals surface area contributed by atoms with E-state index in [0.717, 1.165) is 30.5 Å². The van der Waals surface area contributed by atoms with Gasteiger partial charge in [-0.3, -0.25) is 19.5 Å². The molecule has 3 aliphatic rings. The van der Waals surface area contributed by atoms with Crippen molar-refractivity contribution >= 4 is 41.0 Å². The number of aromatic nitrogens is 3. The molecule has 3 aromatic heterocycles. The topological polar surface area (TPSA) is 138 Å². The first-order valence-electron chi connectivity index (χ1n) is 13.4. The highest BCUT2D eigenvalue weighted by Gasteiger charge is 2.47. The van der Waals surface area contributed by atoms with Gasteiger partial charge in [-0.15, -0.1) is 0 Å². The molecule has 0 bridgehead atoms. The van der Waals surface area contributed by atoms with Crippen LogP contribution in [0.3, 0.4) is 0 Å². The fraction of sp³-hybridized carbons (Fsp3) is 0.310. The molecule has 2 unspecified atom stereocenters. The van der Waals surface area contributed by atoms with Crippen LogP contribution in [0.15, 0.2) is 60.4 Å². The molecule has 3 N–H and O–H groups in total. The molecule has 210 valence electrons. The summed E-state index contributed by atoms with van der Waals surface area (Å²) in [5, 5.41) is 9.15. The van der Waals surface area contributed by atoms with Gasteiger partial charge in [0.25, 0.3) is 0 Å². The van der Waals surface area contributed by atoms with Crippen LogP contribution in [0, 0.1) is 13.8 Å². The minimum atomic E-state index is -0.598. The number of nitrogens with zero attached hydrogens (tertiary/aromatic N) is 4. The zero-order valence-corrected chi connectivity index (χ0v) is 23.4. The number of carbonyl (C=O) groups excluding carboxylic acids is 3. The highest BCUT2D eigenvalue weighted by atomic mass is 32.2. The molecule has 0 aromatic carbocycles. The number of carbonyl (C=O) groups is 3. The van der Waals surface area contributed by atoms with Gasteiger partial charge < -0.3 is 20.7 Å². The Hall–Kier alpha value is -4.45. The molecule has 1 aliphatic carbocycles. The fourth-order valence-electron chi connectivity index (χ4n) is 5.54. The molecule has 0 radical (unpaired) electrons. The van der Waals surface area contributed by atoms with Gasteiger partial charge in [0.05, 0.1) is 29.3 Å². The number of aryl methyl sites for hydroxylation is 2. The van der Waals surface area contributed by atoms with Crippen molar-refractivity contribution in [2.45, 2.75) is 61.5 Å². The molecule has 0 spiro atoms. The zero-order valence-electron chi connectivity index (χ0n) is 22.6. The van der Waals surface area contributed by atoms with E-state index in [1.54, 1.807) is 35.5 Å². The largest absolute Gasteiger partial charge is 0.437 e.